The fraction of sp³-hybridized carbons (Fsp3) is 0.111. The average molecular weight is 268 g/mol. The van der Waals surface area contributed by atoms with Crippen LogP contribution >= 0.6 is 0 Å². The lowest BCUT2D eigenvalue weighted by Gasteiger charge is -1.99. The molecular formula is C18H20O2. The Morgan fingerprint density at radius 3 is 1.30 bits per heavy atom. The van der Waals surface area contributed by atoms with Crippen LogP contribution in [0.5, 0.6) is 11.5 Å². The highest BCUT2D eigenvalue weighted by molar-refractivity contribution is 5.21. The van der Waals surface area contributed by atoms with E-state index in [2.05, 4.69) is 13.2 Å². The third kappa shape index (κ3) is 7.07. The Labute approximate surface area is 121 Å². The second-order valence-electron chi connectivity index (χ2n) is 3.83. The molecule has 0 aliphatic rings. The van der Waals surface area contributed by atoms with E-state index in [1.165, 1.54) is 0 Å². The van der Waals surface area contributed by atoms with E-state index in [-0.39, 0.29) is 0 Å². The van der Waals surface area contributed by atoms with Crippen LogP contribution in [0.4, 0.5) is 0 Å². The van der Waals surface area contributed by atoms with Crippen molar-refractivity contribution in [2.75, 3.05) is 13.2 Å². The topological polar surface area (TPSA) is 18.5 Å². The molecule has 0 bridgehead atoms. The van der Waals surface area contributed by atoms with Crippen molar-refractivity contribution >= 4 is 0 Å². The lowest BCUT2D eigenvalue weighted by atomic mass is 10.3. The normalized spacial score (nSPS) is 8.80. The maximum Gasteiger partial charge on any atom is 0.119 e. The molecule has 0 spiro atoms. The second-order valence-corrected chi connectivity index (χ2v) is 3.83. The van der Waals surface area contributed by atoms with Crippen LogP contribution in [0, 0.1) is 0 Å². The van der Waals surface area contributed by atoms with Gasteiger partial charge in [-0.15, -0.1) is 0 Å². The van der Waals surface area contributed by atoms with Gasteiger partial charge < -0.3 is 9.47 Å². The predicted octanol–water partition coefficient (Wildman–Crippen LogP) is 4.50. The van der Waals surface area contributed by atoms with Gasteiger partial charge in [-0.3, -0.25) is 0 Å². The molecule has 2 aromatic carbocycles. The quantitative estimate of drug-likeness (QED) is 0.718. The van der Waals surface area contributed by atoms with Crippen molar-refractivity contribution in [1.82, 2.24) is 0 Å². The lowest BCUT2D eigenvalue weighted by molar-refractivity contribution is 0.363. The maximum atomic E-state index is 5.24. The Balaban J connectivity index is 0.000000200. The minimum atomic E-state index is 0.573. The molecule has 0 aliphatic heterocycles. The summed E-state index contributed by atoms with van der Waals surface area (Å²) in [6.45, 7) is 8.25. The molecule has 2 rings (SSSR count). The Bertz CT molecular complexity index is 430. The molecule has 20 heavy (non-hydrogen) atoms. The molecule has 0 N–H and O–H groups in total. The van der Waals surface area contributed by atoms with Crippen LogP contribution in [-0.4, -0.2) is 13.2 Å². The third-order valence-electron chi connectivity index (χ3n) is 2.22. The number of para-hydroxylation sites is 2. The summed E-state index contributed by atoms with van der Waals surface area (Å²) in [6, 6.07) is 19.4. The fourth-order valence-electron chi connectivity index (χ4n) is 1.34. The molecule has 2 heteroatoms. The summed E-state index contributed by atoms with van der Waals surface area (Å²) in [5.74, 6) is 1.78. The minimum Gasteiger partial charge on any atom is -0.490 e. The van der Waals surface area contributed by atoms with E-state index in [0.717, 1.165) is 11.5 Å². The maximum absolute atomic E-state index is 5.24. The van der Waals surface area contributed by atoms with E-state index in [9.17, 15) is 0 Å². The van der Waals surface area contributed by atoms with E-state index >= 15 is 0 Å². The highest BCUT2D eigenvalue weighted by atomic mass is 16.5. The number of ether oxygens (including phenoxy) is 2. The number of rotatable bonds is 6. The molecule has 0 amide bonds. The molecule has 0 radical (unpaired) electrons. The largest absolute Gasteiger partial charge is 0.490 e. The van der Waals surface area contributed by atoms with Gasteiger partial charge in [0.1, 0.15) is 24.7 Å². The standard InChI is InChI=1S/2C9H10O/c2*1-2-8-10-9-6-4-3-5-7-9/h2*2-7H,1,8H2. The van der Waals surface area contributed by atoms with Gasteiger partial charge in [0, 0.05) is 0 Å². The summed E-state index contributed by atoms with van der Waals surface area (Å²) in [4.78, 5) is 0. The van der Waals surface area contributed by atoms with Gasteiger partial charge in [-0.25, -0.2) is 0 Å². The summed E-state index contributed by atoms with van der Waals surface area (Å²) >= 11 is 0. The highest BCUT2D eigenvalue weighted by Crippen LogP contribution is 2.08. The molecule has 2 aromatic rings. The average Bonchev–Trinajstić information content (AvgIpc) is 2.53. The van der Waals surface area contributed by atoms with Gasteiger partial charge in [-0.2, -0.15) is 0 Å². The molecule has 0 aliphatic carbocycles. The van der Waals surface area contributed by atoms with Crippen LogP contribution in [0.1, 0.15) is 0 Å². The van der Waals surface area contributed by atoms with Gasteiger partial charge in [0.15, 0.2) is 0 Å². The lowest BCUT2D eigenvalue weighted by Crippen LogP contribution is -1.91. The van der Waals surface area contributed by atoms with Crippen LogP contribution in [0.25, 0.3) is 0 Å². The second kappa shape index (κ2) is 10.4. The van der Waals surface area contributed by atoms with Crippen molar-refractivity contribution < 1.29 is 9.47 Å². The molecule has 0 saturated carbocycles. The van der Waals surface area contributed by atoms with Crippen LogP contribution in [0.15, 0.2) is 86.0 Å². The first-order chi connectivity index (χ1) is 9.86. The first-order valence-electron chi connectivity index (χ1n) is 6.44. The Morgan fingerprint density at radius 1 is 0.650 bits per heavy atom. The van der Waals surface area contributed by atoms with Crippen LogP contribution < -0.4 is 9.47 Å². The molecule has 0 heterocycles. The zero-order valence-corrected chi connectivity index (χ0v) is 11.6. The fourth-order valence-corrected chi connectivity index (χ4v) is 1.34. The molecule has 0 fully saturated rings. The summed E-state index contributed by atoms with van der Waals surface area (Å²) < 4.78 is 10.5. The summed E-state index contributed by atoms with van der Waals surface area (Å²) in [5, 5.41) is 0. The molecule has 0 saturated heterocycles. The molecular weight excluding hydrogens is 248 g/mol. The van der Waals surface area contributed by atoms with Gasteiger partial charge in [0.2, 0.25) is 0 Å². The van der Waals surface area contributed by atoms with Crippen molar-refractivity contribution in [3.8, 4) is 11.5 Å². The van der Waals surface area contributed by atoms with Gasteiger partial charge in [-0.05, 0) is 24.3 Å². The van der Waals surface area contributed by atoms with Crippen LogP contribution in [0.3, 0.4) is 0 Å². The van der Waals surface area contributed by atoms with E-state index in [1.807, 2.05) is 60.7 Å². The molecule has 0 atom stereocenters. The number of benzene rings is 2. The summed E-state index contributed by atoms with van der Waals surface area (Å²) in [7, 11) is 0. The van der Waals surface area contributed by atoms with E-state index in [0.29, 0.717) is 13.2 Å². The van der Waals surface area contributed by atoms with Gasteiger partial charge in [-0.1, -0.05) is 61.7 Å². The molecule has 0 unspecified atom stereocenters. The Morgan fingerprint density at radius 2 is 1.00 bits per heavy atom. The number of hydrogen-bond donors (Lipinski definition) is 0. The molecule has 0 aromatic heterocycles. The Kier molecular flexibility index (Phi) is 8.13. The van der Waals surface area contributed by atoms with Gasteiger partial charge >= 0.3 is 0 Å². The van der Waals surface area contributed by atoms with E-state index < -0.39 is 0 Å². The van der Waals surface area contributed by atoms with Crippen LogP contribution in [0.2, 0.25) is 0 Å². The van der Waals surface area contributed by atoms with Crippen molar-refractivity contribution in [2.24, 2.45) is 0 Å². The smallest absolute Gasteiger partial charge is 0.119 e. The Hall–Kier alpha value is -2.48. The molecule has 2 nitrogen and oxygen atoms in total. The third-order valence-corrected chi connectivity index (χ3v) is 2.22. The summed E-state index contributed by atoms with van der Waals surface area (Å²) in [5.41, 5.74) is 0. The van der Waals surface area contributed by atoms with Gasteiger partial charge in [0.05, 0.1) is 0 Å². The van der Waals surface area contributed by atoms with Gasteiger partial charge in [0.25, 0.3) is 0 Å². The van der Waals surface area contributed by atoms with Crippen molar-refractivity contribution in [1.29, 1.82) is 0 Å². The van der Waals surface area contributed by atoms with E-state index in [1.54, 1.807) is 12.2 Å². The molecule has 104 valence electrons. The van der Waals surface area contributed by atoms with Crippen molar-refractivity contribution in [3.63, 3.8) is 0 Å². The zero-order valence-electron chi connectivity index (χ0n) is 11.6. The zero-order chi connectivity index (χ0) is 14.5. The van der Waals surface area contributed by atoms with E-state index in [4.69, 9.17) is 9.47 Å². The van der Waals surface area contributed by atoms with Crippen molar-refractivity contribution in [2.45, 2.75) is 0 Å². The first-order valence-corrected chi connectivity index (χ1v) is 6.44. The predicted molar refractivity (Wildman–Crippen MR) is 84.3 cm³/mol. The first kappa shape index (κ1) is 15.6. The number of hydrogen-bond acceptors (Lipinski definition) is 2. The van der Waals surface area contributed by atoms with Crippen LogP contribution in [-0.2, 0) is 0 Å². The highest BCUT2D eigenvalue weighted by Gasteiger charge is 1.85. The summed E-state index contributed by atoms with van der Waals surface area (Å²) in [6.07, 6.45) is 3.46. The SMILES string of the molecule is C=CCOc1ccccc1.C=CCOc1ccccc1. The van der Waals surface area contributed by atoms with Crippen molar-refractivity contribution in [3.05, 3.63) is 86.0 Å². The monoisotopic (exact) mass is 268 g/mol. The minimum absolute atomic E-state index is 0.573.